The molecular weight excluding hydrogens is 290 g/mol. The zero-order valence-corrected chi connectivity index (χ0v) is 13.4. The van der Waals surface area contributed by atoms with E-state index in [0.717, 1.165) is 17.5 Å². The van der Waals surface area contributed by atoms with Crippen LogP contribution in [0.3, 0.4) is 0 Å². The first-order valence-electron chi connectivity index (χ1n) is 7.65. The number of nitrogens with zero attached hydrogens (tertiary/aromatic N) is 1. The van der Waals surface area contributed by atoms with Crippen molar-refractivity contribution in [1.82, 2.24) is 4.90 Å². The van der Waals surface area contributed by atoms with E-state index in [9.17, 15) is 9.59 Å². The lowest BCUT2D eigenvalue weighted by Gasteiger charge is -2.23. The van der Waals surface area contributed by atoms with Crippen molar-refractivity contribution in [2.45, 2.75) is 25.8 Å². The summed E-state index contributed by atoms with van der Waals surface area (Å²) in [4.78, 5) is 25.2. The molecule has 0 saturated carbocycles. The van der Waals surface area contributed by atoms with Crippen LogP contribution in [0, 0.1) is 0 Å². The Bertz CT molecular complexity index is 665. The van der Waals surface area contributed by atoms with Gasteiger partial charge in [-0.05, 0) is 29.7 Å². The molecule has 0 aromatic heterocycles. The molecule has 4 heteroatoms. The van der Waals surface area contributed by atoms with E-state index < -0.39 is 5.97 Å². The van der Waals surface area contributed by atoms with Gasteiger partial charge in [0.1, 0.15) is 0 Å². The Balaban J connectivity index is 2.08. The van der Waals surface area contributed by atoms with Gasteiger partial charge in [-0.25, -0.2) is 4.79 Å². The van der Waals surface area contributed by atoms with E-state index in [0.29, 0.717) is 6.54 Å². The zero-order valence-electron chi connectivity index (χ0n) is 13.4. The summed E-state index contributed by atoms with van der Waals surface area (Å²) in [6, 6.07) is 16.4. The molecular formula is C19H21NO3. The predicted octanol–water partition coefficient (Wildman–Crippen LogP) is 3.54. The lowest BCUT2D eigenvalue weighted by molar-refractivity contribution is -0.132. The molecule has 0 spiro atoms. The van der Waals surface area contributed by atoms with Crippen molar-refractivity contribution >= 4 is 11.9 Å². The van der Waals surface area contributed by atoms with Crippen LogP contribution in [0.25, 0.3) is 0 Å². The molecule has 23 heavy (non-hydrogen) atoms. The highest BCUT2D eigenvalue weighted by atomic mass is 16.4. The van der Waals surface area contributed by atoms with Crippen LogP contribution < -0.4 is 0 Å². The summed E-state index contributed by atoms with van der Waals surface area (Å²) in [7, 11) is 1.78. The molecule has 2 aromatic carbocycles. The minimum absolute atomic E-state index is 0.0704. The van der Waals surface area contributed by atoms with E-state index in [4.69, 9.17) is 5.11 Å². The van der Waals surface area contributed by atoms with Gasteiger partial charge in [-0.2, -0.15) is 0 Å². The maximum atomic E-state index is 12.7. The van der Waals surface area contributed by atoms with Crippen molar-refractivity contribution in [1.29, 1.82) is 0 Å². The highest BCUT2D eigenvalue weighted by molar-refractivity contribution is 5.87. The number of rotatable bonds is 6. The first-order valence-corrected chi connectivity index (χ1v) is 7.65. The summed E-state index contributed by atoms with van der Waals surface area (Å²) in [6.45, 7) is 2.47. The second kappa shape index (κ2) is 7.58. The van der Waals surface area contributed by atoms with Crippen LogP contribution in [0.2, 0.25) is 0 Å². The third-order valence-corrected chi connectivity index (χ3v) is 3.91. The van der Waals surface area contributed by atoms with E-state index in [1.54, 1.807) is 36.2 Å². The molecule has 1 unspecified atom stereocenters. The standard InChI is InChI=1S/C19H21NO3/c1-3-17(15-7-5-4-6-8-15)18(21)20(2)13-14-9-11-16(12-10-14)19(22)23/h4-12,17H,3,13H2,1-2H3,(H,22,23). The molecule has 1 atom stereocenters. The van der Waals surface area contributed by atoms with Crippen LogP contribution in [0.1, 0.15) is 40.7 Å². The van der Waals surface area contributed by atoms with Crippen LogP contribution in [0.4, 0.5) is 0 Å². The molecule has 0 heterocycles. The largest absolute Gasteiger partial charge is 0.478 e. The molecule has 0 aliphatic carbocycles. The highest BCUT2D eigenvalue weighted by Crippen LogP contribution is 2.22. The van der Waals surface area contributed by atoms with Gasteiger partial charge in [0.05, 0.1) is 11.5 Å². The monoisotopic (exact) mass is 311 g/mol. The smallest absolute Gasteiger partial charge is 0.335 e. The predicted molar refractivity (Wildman–Crippen MR) is 89.3 cm³/mol. The van der Waals surface area contributed by atoms with Gasteiger partial charge < -0.3 is 10.0 Å². The number of amides is 1. The second-order valence-corrected chi connectivity index (χ2v) is 5.57. The van der Waals surface area contributed by atoms with Gasteiger partial charge >= 0.3 is 5.97 Å². The van der Waals surface area contributed by atoms with Gasteiger partial charge in [-0.1, -0.05) is 49.4 Å². The number of carboxylic acid groups (broad SMARTS) is 1. The number of carbonyl (C=O) groups is 2. The average Bonchev–Trinajstić information content (AvgIpc) is 2.57. The average molecular weight is 311 g/mol. The number of aromatic carboxylic acids is 1. The van der Waals surface area contributed by atoms with Crippen LogP contribution >= 0.6 is 0 Å². The molecule has 0 bridgehead atoms. The van der Waals surface area contributed by atoms with Gasteiger partial charge in [0, 0.05) is 13.6 Å². The van der Waals surface area contributed by atoms with Gasteiger partial charge in [-0.3, -0.25) is 4.79 Å². The molecule has 0 radical (unpaired) electrons. The summed E-state index contributed by atoms with van der Waals surface area (Å²) >= 11 is 0. The van der Waals surface area contributed by atoms with E-state index in [-0.39, 0.29) is 17.4 Å². The van der Waals surface area contributed by atoms with Gasteiger partial charge in [0.15, 0.2) is 0 Å². The minimum Gasteiger partial charge on any atom is -0.478 e. The Labute approximate surface area is 136 Å². The number of carbonyl (C=O) groups excluding carboxylic acids is 1. The molecule has 1 N–H and O–H groups in total. The van der Waals surface area contributed by atoms with Crippen molar-refractivity contribution in [3.05, 3.63) is 71.3 Å². The van der Waals surface area contributed by atoms with Crippen molar-refractivity contribution in [3.63, 3.8) is 0 Å². The highest BCUT2D eigenvalue weighted by Gasteiger charge is 2.22. The number of benzene rings is 2. The fourth-order valence-corrected chi connectivity index (χ4v) is 2.61. The molecule has 0 aliphatic heterocycles. The number of hydrogen-bond donors (Lipinski definition) is 1. The molecule has 4 nitrogen and oxygen atoms in total. The Kier molecular flexibility index (Phi) is 5.52. The lowest BCUT2D eigenvalue weighted by atomic mass is 9.95. The van der Waals surface area contributed by atoms with Crippen LogP contribution in [-0.4, -0.2) is 28.9 Å². The third kappa shape index (κ3) is 4.19. The van der Waals surface area contributed by atoms with Crippen LogP contribution in [0.5, 0.6) is 0 Å². The summed E-state index contributed by atoms with van der Waals surface area (Å²) in [6.07, 6.45) is 0.741. The molecule has 120 valence electrons. The zero-order chi connectivity index (χ0) is 16.8. The Hall–Kier alpha value is -2.62. The minimum atomic E-state index is -0.948. The first-order chi connectivity index (χ1) is 11.0. The summed E-state index contributed by atoms with van der Waals surface area (Å²) in [5.74, 6) is -1.03. The summed E-state index contributed by atoms with van der Waals surface area (Å²) in [5, 5.41) is 8.91. The molecule has 1 amide bonds. The first kappa shape index (κ1) is 16.7. The molecule has 2 aromatic rings. The fourth-order valence-electron chi connectivity index (χ4n) is 2.61. The normalized spacial score (nSPS) is 11.7. The Morgan fingerprint density at radius 2 is 1.65 bits per heavy atom. The number of likely N-dealkylation sites (N-methyl/N-ethyl adjacent to an activating group) is 1. The molecule has 0 fully saturated rings. The van der Waals surface area contributed by atoms with Crippen molar-refractivity contribution < 1.29 is 14.7 Å². The molecule has 0 aliphatic rings. The number of hydrogen-bond acceptors (Lipinski definition) is 2. The Morgan fingerprint density at radius 1 is 1.04 bits per heavy atom. The van der Waals surface area contributed by atoms with Gasteiger partial charge in [0.25, 0.3) is 0 Å². The van der Waals surface area contributed by atoms with Crippen molar-refractivity contribution in [3.8, 4) is 0 Å². The molecule has 2 rings (SSSR count). The van der Waals surface area contributed by atoms with E-state index in [1.165, 1.54) is 0 Å². The lowest BCUT2D eigenvalue weighted by Crippen LogP contribution is -2.31. The van der Waals surface area contributed by atoms with Gasteiger partial charge in [-0.15, -0.1) is 0 Å². The second-order valence-electron chi connectivity index (χ2n) is 5.57. The number of carboxylic acids is 1. The van der Waals surface area contributed by atoms with Crippen LogP contribution in [0.15, 0.2) is 54.6 Å². The summed E-state index contributed by atoms with van der Waals surface area (Å²) in [5.41, 5.74) is 2.18. The Morgan fingerprint density at radius 3 is 2.17 bits per heavy atom. The summed E-state index contributed by atoms with van der Waals surface area (Å²) < 4.78 is 0. The van der Waals surface area contributed by atoms with Crippen molar-refractivity contribution in [2.75, 3.05) is 7.05 Å². The molecule has 0 saturated heterocycles. The SMILES string of the molecule is CCC(C(=O)N(C)Cc1ccc(C(=O)O)cc1)c1ccccc1. The fraction of sp³-hybridized carbons (Fsp3) is 0.263. The quantitative estimate of drug-likeness (QED) is 0.887. The van der Waals surface area contributed by atoms with Crippen molar-refractivity contribution in [2.24, 2.45) is 0 Å². The van der Waals surface area contributed by atoms with Crippen LogP contribution in [-0.2, 0) is 11.3 Å². The topological polar surface area (TPSA) is 57.6 Å². The van der Waals surface area contributed by atoms with Gasteiger partial charge in [0.2, 0.25) is 5.91 Å². The third-order valence-electron chi connectivity index (χ3n) is 3.91. The van der Waals surface area contributed by atoms with E-state index in [2.05, 4.69) is 0 Å². The maximum absolute atomic E-state index is 12.7. The maximum Gasteiger partial charge on any atom is 0.335 e. The van der Waals surface area contributed by atoms with E-state index in [1.807, 2.05) is 37.3 Å². The van der Waals surface area contributed by atoms with E-state index >= 15 is 0 Å².